The van der Waals surface area contributed by atoms with Gasteiger partial charge in [0.2, 0.25) is 0 Å². The van der Waals surface area contributed by atoms with Gasteiger partial charge in [-0.05, 0) is 37.5 Å². The molecule has 0 aromatic heterocycles. The maximum atomic E-state index is 8.75. The summed E-state index contributed by atoms with van der Waals surface area (Å²) in [6.45, 7) is 4.92. The van der Waals surface area contributed by atoms with Crippen LogP contribution < -0.4 is 0 Å². The van der Waals surface area contributed by atoms with E-state index in [0.29, 0.717) is 6.61 Å². The van der Waals surface area contributed by atoms with Crippen LogP contribution in [0.4, 0.5) is 0 Å². The minimum Gasteiger partial charge on any atom is -0.396 e. The highest BCUT2D eigenvalue weighted by molar-refractivity contribution is 5.06. The minimum absolute atomic E-state index is 0.318. The maximum Gasteiger partial charge on any atom is 0.0468 e. The molecule has 0 unspecified atom stereocenters. The first-order chi connectivity index (χ1) is 5.74. The lowest BCUT2D eigenvalue weighted by atomic mass is 9.82. The quantitative estimate of drug-likeness (QED) is 0.642. The Balaban J connectivity index is 2.36. The van der Waals surface area contributed by atoms with Gasteiger partial charge in [0.25, 0.3) is 0 Å². The van der Waals surface area contributed by atoms with Gasteiger partial charge in [0, 0.05) is 6.61 Å². The van der Waals surface area contributed by atoms with Crippen molar-refractivity contribution in [3.8, 4) is 0 Å². The normalized spacial score (nSPS) is 24.3. The molecule has 1 rings (SSSR count). The number of hydrogen-bond donors (Lipinski definition) is 1. The second kappa shape index (κ2) is 4.66. The van der Waals surface area contributed by atoms with Crippen molar-refractivity contribution < 1.29 is 5.11 Å². The number of hydrogen-bond acceptors (Lipinski definition) is 1. The predicted molar refractivity (Wildman–Crippen MR) is 52.0 cm³/mol. The summed E-state index contributed by atoms with van der Waals surface area (Å²) in [4.78, 5) is 0. The van der Waals surface area contributed by atoms with Gasteiger partial charge in [0.1, 0.15) is 0 Å². The molecule has 0 saturated heterocycles. The fourth-order valence-corrected chi connectivity index (χ4v) is 1.88. The minimum atomic E-state index is 0.318. The summed E-state index contributed by atoms with van der Waals surface area (Å²) in [6, 6.07) is 0. The third-order valence-electron chi connectivity index (χ3n) is 2.92. The van der Waals surface area contributed by atoms with Crippen molar-refractivity contribution in [3.05, 3.63) is 11.6 Å². The van der Waals surface area contributed by atoms with Gasteiger partial charge in [0.15, 0.2) is 0 Å². The highest BCUT2D eigenvalue weighted by atomic mass is 16.2. The van der Waals surface area contributed by atoms with E-state index in [9.17, 15) is 0 Å². The topological polar surface area (TPSA) is 20.2 Å². The van der Waals surface area contributed by atoms with Crippen LogP contribution in [0.2, 0.25) is 0 Å². The van der Waals surface area contributed by atoms with Gasteiger partial charge in [-0.25, -0.2) is 0 Å². The lowest BCUT2D eigenvalue weighted by Gasteiger charge is -2.24. The fraction of sp³-hybridized carbons (Fsp3) is 0.818. The van der Waals surface area contributed by atoms with E-state index in [1.54, 1.807) is 0 Å². The second-order valence-corrected chi connectivity index (χ2v) is 4.11. The van der Waals surface area contributed by atoms with E-state index < -0.39 is 0 Å². The van der Waals surface area contributed by atoms with E-state index >= 15 is 0 Å². The van der Waals surface area contributed by atoms with Gasteiger partial charge < -0.3 is 5.11 Å². The third kappa shape index (κ3) is 2.63. The van der Waals surface area contributed by atoms with Crippen LogP contribution in [0.1, 0.15) is 39.5 Å². The maximum absolute atomic E-state index is 8.75. The Bertz CT molecular complexity index is 158. The molecule has 0 spiro atoms. The van der Waals surface area contributed by atoms with E-state index in [0.717, 1.165) is 18.3 Å². The van der Waals surface area contributed by atoms with Crippen LogP contribution in [0.25, 0.3) is 0 Å². The first-order valence-corrected chi connectivity index (χ1v) is 5.02. The molecule has 0 heterocycles. The van der Waals surface area contributed by atoms with Crippen LogP contribution in [-0.2, 0) is 0 Å². The van der Waals surface area contributed by atoms with Gasteiger partial charge in [-0.3, -0.25) is 0 Å². The monoisotopic (exact) mass is 168 g/mol. The molecule has 1 nitrogen and oxygen atoms in total. The fourth-order valence-electron chi connectivity index (χ4n) is 1.88. The summed E-state index contributed by atoms with van der Waals surface area (Å²) in [6.07, 6.45) is 7.00. The summed E-state index contributed by atoms with van der Waals surface area (Å²) < 4.78 is 0. The highest BCUT2D eigenvalue weighted by Crippen LogP contribution is 2.29. The van der Waals surface area contributed by atoms with E-state index in [1.165, 1.54) is 24.8 Å². The molecule has 0 aromatic carbocycles. The third-order valence-corrected chi connectivity index (χ3v) is 2.92. The van der Waals surface area contributed by atoms with Crippen molar-refractivity contribution in [1.29, 1.82) is 0 Å². The summed E-state index contributed by atoms with van der Waals surface area (Å²) in [7, 11) is 0. The molecule has 0 saturated carbocycles. The number of aliphatic hydroxyl groups excluding tert-OH is 1. The molecule has 0 aliphatic heterocycles. The molecule has 12 heavy (non-hydrogen) atoms. The number of rotatable bonds is 3. The molecule has 0 bridgehead atoms. The Labute approximate surface area is 75.5 Å². The molecule has 1 atom stereocenters. The van der Waals surface area contributed by atoms with E-state index in [1.807, 2.05) is 0 Å². The molecule has 1 heteroatoms. The second-order valence-electron chi connectivity index (χ2n) is 4.11. The van der Waals surface area contributed by atoms with Crippen LogP contribution in [-0.4, -0.2) is 11.7 Å². The summed E-state index contributed by atoms with van der Waals surface area (Å²) in [5, 5.41) is 8.75. The van der Waals surface area contributed by atoms with Gasteiger partial charge in [-0.2, -0.15) is 0 Å². The average Bonchev–Trinajstić information content (AvgIpc) is 2.06. The number of aliphatic hydroxyl groups is 1. The zero-order valence-electron chi connectivity index (χ0n) is 8.21. The molecule has 0 radical (unpaired) electrons. The average molecular weight is 168 g/mol. The van der Waals surface area contributed by atoms with Crippen molar-refractivity contribution in [2.75, 3.05) is 6.61 Å². The largest absolute Gasteiger partial charge is 0.396 e. The first-order valence-electron chi connectivity index (χ1n) is 5.02. The van der Waals surface area contributed by atoms with Crippen LogP contribution in [0, 0.1) is 11.8 Å². The zero-order chi connectivity index (χ0) is 8.97. The number of allylic oxidation sites excluding steroid dienone is 1. The van der Waals surface area contributed by atoms with E-state index in [4.69, 9.17) is 5.11 Å². The summed E-state index contributed by atoms with van der Waals surface area (Å²) in [5.74, 6) is 1.70. The van der Waals surface area contributed by atoms with Crippen molar-refractivity contribution in [3.63, 3.8) is 0 Å². The smallest absolute Gasteiger partial charge is 0.0468 e. The molecule has 0 aromatic rings. The Morgan fingerprint density at radius 1 is 1.58 bits per heavy atom. The molecule has 0 amide bonds. The molecule has 0 fully saturated rings. The SMILES string of the molecule is CC(C)[C@@H]1CC=C(CCO)CC1. The van der Waals surface area contributed by atoms with Crippen LogP contribution in [0.3, 0.4) is 0 Å². The van der Waals surface area contributed by atoms with Gasteiger partial charge >= 0.3 is 0 Å². The lowest BCUT2D eigenvalue weighted by molar-refractivity contribution is 0.290. The zero-order valence-corrected chi connectivity index (χ0v) is 8.21. The van der Waals surface area contributed by atoms with Crippen molar-refractivity contribution in [2.45, 2.75) is 39.5 Å². The Kier molecular flexibility index (Phi) is 3.80. The molecule has 1 N–H and O–H groups in total. The van der Waals surface area contributed by atoms with Crippen LogP contribution in [0.5, 0.6) is 0 Å². The van der Waals surface area contributed by atoms with E-state index in [-0.39, 0.29) is 0 Å². The molecule has 70 valence electrons. The van der Waals surface area contributed by atoms with Crippen molar-refractivity contribution >= 4 is 0 Å². The van der Waals surface area contributed by atoms with Crippen LogP contribution in [0.15, 0.2) is 11.6 Å². The summed E-state index contributed by atoms with van der Waals surface area (Å²) >= 11 is 0. The molecule has 1 aliphatic carbocycles. The predicted octanol–water partition coefficient (Wildman–Crippen LogP) is 2.75. The molecule has 1 aliphatic rings. The Morgan fingerprint density at radius 3 is 2.75 bits per heavy atom. The first kappa shape index (κ1) is 9.79. The van der Waals surface area contributed by atoms with Gasteiger partial charge in [-0.15, -0.1) is 0 Å². The molecular formula is C11H20O. The van der Waals surface area contributed by atoms with Crippen molar-refractivity contribution in [1.82, 2.24) is 0 Å². The van der Waals surface area contributed by atoms with Gasteiger partial charge in [-0.1, -0.05) is 25.5 Å². The Morgan fingerprint density at radius 2 is 2.33 bits per heavy atom. The summed E-state index contributed by atoms with van der Waals surface area (Å²) in [5.41, 5.74) is 1.47. The van der Waals surface area contributed by atoms with Gasteiger partial charge in [0.05, 0.1) is 0 Å². The van der Waals surface area contributed by atoms with Crippen molar-refractivity contribution in [2.24, 2.45) is 11.8 Å². The highest BCUT2D eigenvalue weighted by Gasteiger charge is 2.16. The Hall–Kier alpha value is -0.300. The molecular weight excluding hydrogens is 148 g/mol. The van der Waals surface area contributed by atoms with Crippen LogP contribution >= 0.6 is 0 Å². The lowest BCUT2D eigenvalue weighted by Crippen LogP contribution is -2.12. The van der Waals surface area contributed by atoms with E-state index in [2.05, 4.69) is 19.9 Å². The standard InChI is InChI=1S/C11H20O/c1-9(2)11-5-3-10(4-6-11)7-8-12/h3,9,11-12H,4-8H2,1-2H3/t11-/m1/s1.